The Hall–Kier alpha value is -1.85. The molecule has 3 rings (SSSR count). The number of hydrogen-bond donors (Lipinski definition) is 3. The van der Waals surface area contributed by atoms with Crippen molar-refractivity contribution in [2.45, 2.75) is 39.5 Å². The third kappa shape index (κ3) is 2.30. The molecule has 0 saturated heterocycles. The fraction of sp³-hybridized carbons (Fsp3) is 0.643. The zero-order valence-corrected chi connectivity index (χ0v) is 12.2. The van der Waals surface area contributed by atoms with Gasteiger partial charge in [-0.2, -0.15) is 9.97 Å². The van der Waals surface area contributed by atoms with Gasteiger partial charge >= 0.3 is 0 Å². The summed E-state index contributed by atoms with van der Waals surface area (Å²) in [5.74, 6) is 1.48. The van der Waals surface area contributed by atoms with Crippen LogP contribution in [0.15, 0.2) is 6.33 Å². The van der Waals surface area contributed by atoms with Gasteiger partial charge in [0.15, 0.2) is 11.5 Å². The Bertz CT molecular complexity index is 581. The summed E-state index contributed by atoms with van der Waals surface area (Å²) in [7, 11) is 0. The van der Waals surface area contributed by atoms with E-state index in [4.69, 9.17) is 0 Å². The number of fused-ring (bicyclic) bond motifs is 1. The molecule has 0 aromatic carbocycles. The lowest BCUT2D eigenvalue weighted by Crippen LogP contribution is -2.36. The zero-order valence-electron chi connectivity index (χ0n) is 12.2. The van der Waals surface area contributed by atoms with Gasteiger partial charge in [-0.25, -0.2) is 4.98 Å². The number of aromatic nitrogens is 4. The fourth-order valence-electron chi connectivity index (χ4n) is 2.80. The molecule has 2 heterocycles. The molecular weight excluding hydrogens is 252 g/mol. The summed E-state index contributed by atoms with van der Waals surface area (Å²) in [4.78, 5) is 16.3. The van der Waals surface area contributed by atoms with E-state index in [-0.39, 0.29) is 0 Å². The molecular formula is C14H22N6. The molecule has 2 aromatic rings. The molecule has 3 N–H and O–H groups in total. The number of nitrogens with zero attached hydrogens (tertiary/aromatic N) is 3. The van der Waals surface area contributed by atoms with Crippen LogP contribution in [-0.4, -0.2) is 33.0 Å². The van der Waals surface area contributed by atoms with Crippen LogP contribution in [0.2, 0.25) is 0 Å². The smallest absolute Gasteiger partial charge is 0.226 e. The summed E-state index contributed by atoms with van der Waals surface area (Å²) in [6.07, 6.45) is 6.86. The van der Waals surface area contributed by atoms with Crippen molar-refractivity contribution < 1.29 is 0 Å². The quantitative estimate of drug-likeness (QED) is 0.755. The van der Waals surface area contributed by atoms with Gasteiger partial charge in [0.2, 0.25) is 5.95 Å². The van der Waals surface area contributed by atoms with E-state index in [1.807, 2.05) is 6.92 Å². The van der Waals surface area contributed by atoms with E-state index in [1.165, 1.54) is 25.7 Å². The van der Waals surface area contributed by atoms with Gasteiger partial charge in [-0.3, -0.25) is 0 Å². The molecule has 1 fully saturated rings. The lowest BCUT2D eigenvalue weighted by molar-refractivity contribution is 0.145. The number of imidazole rings is 1. The van der Waals surface area contributed by atoms with Gasteiger partial charge in [-0.1, -0.05) is 13.3 Å². The first-order valence-corrected chi connectivity index (χ1v) is 7.45. The molecule has 1 saturated carbocycles. The highest BCUT2D eigenvalue weighted by atomic mass is 15.2. The van der Waals surface area contributed by atoms with E-state index in [1.54, 1.807) is 6.33 Å². The maximum atomic E-state index is 4.55. The molecule has 6 nitrogen and oxygen atoms in total. The summed E-state index contributed by atoms with van der Waals surface area (Å²) < 4.78 is 0. The van der Waals surface area contributed by atoms with Crippen molar-refractivity contribution in [2.24, 2.45) is 5.41 Å². The molecule has 2 aromatic heterocycles. The standard InChI is InChI=1S/C14H22N6/c1-3-14(6-5-7-14)8-16-11-10-12(18-9-17-10)20-13(19-11)15-4-2/h9H,3-8H2,1-2H3,(H3,15,16,17,18,19,20). The number of anilines is 2. The average molecular weight is 274 g/mol. The van der Waals surface area contributed by atoms with Gasteiger partial charge in [0.05, 0.1) is 6.33 Å². The van der Waals surface area contributed by atoms with E-state index in [0.717, 1.165) is 24.4 Å². The topological polar surface area (TPSA) is 78.5 Å². The van der Waals surface area contributed by atoms with Crippen molar-refractivity contribution in [1.82, 2.24) is 19.9 Å². The van der Waals surface area contributed by atoms with E-state index >= 15 is 0 Å². The Labute approximate surface area is 118 Å². The monoisotopic (exact) mass is 274 g/mol. The van der Waals surface area contributed by atoms with E-state index < -0.39 is 0 Å². The minimum Gasteiger partial charge on any atom is -0.368 e. The van der Waals surface area contributed by atoms with Crippen molar-refractivity contribution >= 4 is 22.9 Å². The van der Waals surface area contributed by atoms with Crippen LogP contribution in [0.4, 0.5) is 11.8 Å². The number of hydrogen-bond acceptors (Lipinski definition) is 5. The average Bonchev–Trinajstić information content (AvgIpc) is 2.86. The van der Waals surface area contributed by atoms with Crippen LogP contribution in [-0.2, 0) is 0 Å². The molecule has 108 valence electrons. The molecule has 1 aliphatic carbocycles. The molecule has 1 aliphatic rings. The van der Waals surface area contributed by atoms with Gasteiger partial charge in [0, 0.05) is 13.1 Å². The number of H-pyrrole nitrogens is 1. The second-order valence-electron chi connectivity index (χ2n) is 5.59. The van der Waals surface area contributed by atoms with Gasteiger partial charge in [-0.15, -0.1) is 0 Å². The van der Waals surface area contributed by atoms with Crippen LogP contribution < -0.4 is 10.6 Å². The van der Waals surface area contributed by atoms with Crippen LogP contribution >= 0.6 is 0 Å². The van der Waals surface area contributed by atoms with Crippen LogP contribution in [0, 0.1) is 5.41 Å². The third-order valence-corrected chi connectivity index (χ3v) is 4.42. The molecule has 0 radical (unpaired) electrons. The predicted molar refractivity (Wildman–Crippen MR) is 80.9 cm³/mol. The third-order valence-electron chi connectivity index (χ3n) is 4.42. The SMILES string of the molecule is CCNc1nc(NCC2(CC)CCC2)c2[nH]cnc2n1. The molecule has 0 unspecified atom stereocenters. The van der Waals surface area contributed by atoms with E-state index in [9.17, 15) is 0 Å². The summed E-state index contributed by atoms with van der Waals surface area (Å²) >= 11 is 0. The van der Waals surface area contributed by atoms with Crippen molar-refractivity contribution in [3.05, 3.63) is 6.33 Å². The molecule has 0 amide bonds. The first-order chi connectivity index (χ1) is 9.76. The number of rotatable bonds is 6. The summed E-state index contributed by atoms with van der Waals surface area (Å²) in [5, 5.41) is 6.66. The molecule has 6 heteroatoms. The zero-order chi connectivity index (χ0) is 14.0. The first-order valence-electron chi connectivity index (χ1n) is 7.45. The minimum atomic E-state index is 0.454. The summed E-state index contributed by atoms with van der Waals surface area (Å²) in [6.45, 7) is 6.08. The second kappa shape index (κ2) is 5.26. The maximum Gasteiger partial charge on any atom is 0.226 e. The van der Waals surface area contributed by atoms with Gasteiger partial charge in [0.25, 0.3) is 0 Å². The molecule has 0 atom stereocenters. The largest absolute Gasteiger partial charge is 0.368 e. The Kier molecular flexibility index (Phi) is 3.46. The normalized spacial score (nSPS) is 16.9. The highest BCUT2D eigenvalue weighted by Crippen LogP contribution is 2.43. The maximum absolute atomic E-state index is 4.55. The molecule has 0 bridgehead atoms. The number of aromatic amines is 1. The Morgan fingerprint density at radius 1 is 1.25 bits per heavy atom. The van der Waals surface area contributed by atoms with Crippen molar-refractivity contribution in [3.63, 3.8) is 0 Å². The van der Waals surface area contributed by atoms with Gasteiger partial charge in [0.1, 0.15) is 5.52 Å². The van der Waals surface area contributed by atoms with E-state index in [0.29, 0.717) is 17.0 Å². The second-order valence-corrected chi connectivity index (χ2v) is 5.59. The molecule has 20 heavy (non-hydrogen) atoms. The van der Waals surface area contributed by atoms with Crippen molar-refractivity contribution in [2.75, 3.05) is 23.7 Å². The fourth-order valence-corrected chi connectivity index (χ4v) is 2.80. The highest BCUT2D eigenvalue weighted by Gasteiger charge is 2.34. The summed E-state index contributed by atoms with van der Waals surface area (Å²) in [6, 6.07) is 0. The van der Waals surface area contributed by atoms with Crippen molar-refractivity contribution in [3.8, 4) is 0 Å². The highest BCUT2D eigenvalue weighted by molar-refractivity contribution is 5.83. The molecule has 0 spiro atoms. The van der Waals surface area contributed by atoms with Crippen LogP contribution in [0.3, 0.4) is 0 Å². The van der Waals surface area contributed by atoms with Gasteiger partial charge in [-0.05, 0) is 31.6 Å². The Morgan fingerprint density at radius 2 is 2.10 bits per heavy atom. The Morgan fingerprint density at radius 3 is 2.75 bits per heavy atom. The molecule has 0 aliphatic heterocycles. The lowest BCUT2D eigenvalue weighted by atomic mass is 9.67. The van der Waals surface area contributed by atoms with Gasteiger partial charge < -0.3 is 15.6 Å². The van der Waals surface area contributed by atoms with Crippen LogP contribution in [0.1, 0.15) is 39.5 Å². The summed E-state index contributed by atoms with van der Waals surface area (Å²) in [5.41, 5.74) is 2.05. The predicted octanol–water partition coefficient (Wildman–Crippen LogP) is 2.78. The van der Waals surface area contributed by atoms with E-state index in [2.05, 4.69) is 37.5 Å². The minimum absolute atomic E-state index is 0.454. The van der Waals surface area contributed by atoms with Crippen molar-refractivity contribution in [1.29, 1.82) is 0 Å². The van der Waals surface area contributed by atoms with Crippen LogP contribution in [0.5, 0.6) is 0 Å². The lowest BCUT2D eigenvalue weighted by Gasteiger charge is -2.41. The van der Waals surface area contributed by atoms with Crippen LogP contribution in [0.25, 0.3) is 11.2 Å². The number of nitrogens with one attached hydrogen (secondary N) is 3. The Balaban J connectivity index is 1.83. The first kappa shape index (κ1) is 13.1.